The fourth-order valence-corrected chi connectivity index (χ4v) is 8.51. The van der Waals surface area contributed by atoms with Crippen LogP contribution in [0.25, 0.3) is 5.52 Å². The van der Waals surface area contributed by atoms with Gasteiger partial charge in [0, 0.05) is 18.3 Å². The second-order valence-corrected chi connectivity index (χ2v) is 17.3. The number of anilines is 1. The van der Waals surface area contributed by atoms with Crippen LogP contribution in [0.15, 0.2) is 41.7 Å². The van der Waals surface area contributed by atoms with E-state index in [1.807, 2.05) is 0 Å². The third-order valence-corrected chi connectivity index (χ3v) is 11.9. The molecular weight excluding hydrogens is 783 g/mol. The first-order chi connectivity index (χ1) is 28.0. The summed E-state index contributed by atoms with van der Waals surface area (Å²) in [4.78, 5) is 18.8. The van der Waals surface area contributed by atoms with Crippen LogP contribution < -0.4 is 5.73 Å². The molecule has 3 heterocycles. The van der Waals surface area contributed by atoms with Gasteiger partial charge in [0.25, 0.3) is 0 Å². The highest BCUT2D eigenvalue weighted by Gasteiger charge is 2.55. The number of aromatic nitrogens is 3. The van der Waals surface area contributed by atoms with Crippen molar-refractivity contribution in [2.75, 3.05) is 26.0 Å². The Kier molecular flexibility index (Phi) is 20.5. The van der Waals surface area contributed by atoms with E-state index < -0.39 is 44.4 Å². The molecule has 1 aliphatic heterocycles. The Hall–Kier alpha value is -2.96. The topological polar surface area (TPSA) is 207 Å². The number of rotatable bonds is 29. The fourth-order valence-electron chi connectivity index (χ4n) is 7.46. The van der Waals surface area contributed by atoms with Gasteiger partial charge in [0.05, 0.1) is 43.3 Å². The molecule has 1 fully saturated rings. The van der Waals surface area contributed by atoms with Crippen LogP contribution in [0.1, 0.15) is 145 Å². The molecule has 5 N–H and O–H groups in total. The van der Waals surface area contributed by atoms with Gasteiger partial charge in [0.1, 0.15) is 30.2 Å². The molecule has 6 atom stereocenters. The molecule has 58 heavy (non-hydrogen) atoms. The zero-order chi connectivity index (χ0) is 41.8. The van der Waals surface area contributed by atoms with Crippen molar-refractivity contribution in [3.63, 3.8) is 0 Å². The molecule has 322 valence electrons. The monoisotopic (exact) mass is 846 g/mol. The normalized spacial score (nSPS) is 21.2. The summed E-state index contributed by atoms with van der Waals surface area (Å²) in [6.07, 6.45) is 19.6. The van der Waals surface area contributed by atoms with Crippen molar-refractivity contribution in [3.05, 3.63) is 58.5 Å². The predicted molar refractivity (Wildman–Crippen MR) is 226 cm³/mol. The molecule has 4 rings (SSSR count). The van der Waals surface area contributed by atoms with Gasteiger partial charge in [-0.25, -0.2) is 14.1 Å². The molecule has 0 amide bonds. The molecule has 14 nitrogen and oxygen atoms in total. The van der Waals surface area contributed by atoms with Gasteiger partial charge in [0.15, 0.2) is 11.4 Å². The highest BCUT2D eigenvalue weighted by atomic mass is 35.5. The van der Waals surface area contributed by atoms with E-state index >= 15 is 0 Å². The molecule has 16 heteroatoms. The summed E-state index contributed by atoms with van der Waals surface area (Å²) in [5.41, 5.74) is 6.09. The summed E-state index contributed by atoms with van der Waals surface area (Å²) in [6.45, 7) is 1.44. The number of nitriles is 1. The van der Waals surface area contributed by atoms with Gasteiger partial charge in [0.2, 0.25) is 0 Å². The summed E-state index contributed by atoms with van der Waals surface area (Å²) >= 11 is 6.21. The van der Waals surface area contributed by atoms with Crippen molar-refractivity contribution >= 4 is 37.0 Å². The number of aliphatic imine (C=N–C) groups is 1. The molecule has 0 radical (unpaired) electrons. The lowest BCUT2D eigenvalue weighted by atomic mass is 9.96. The Morgan fingerprint density at radius 3 is 2.22 bits per heavy atom. The fraction of sp³-hybridized carbons (Fsp3) is 0.667. The molecule has 2 aromatic heterocycles. The lowest BCUT2D eigenvalue weighted by Crippen LogP contribution is -2.48. The van der Waals surface area contributed by atoms with Gasteiger partial charge in [-0.3, -0.25) is 14.0 Å². The third-order valence-electron chi connectivity index (χ3n) is 10.7. The van der Waals surface area contributed by atoms with Crippen molar-refractivity contribution in [2.24, 2.45) is 4.99 Å². The number of halogens is 1. The molecule has 1 aromatic carbocycles. The molecule has 1 unspecified atom stereocenters. The Morgan fingerprint density at radius 2 is 1.62 bits per heavy atom. The number of nitrogens with two attached hydrogens (primary N) is 1. The van der Waals surface area contributed by atoms with Crippen molar-refractivity contribution < 1.29 is 38.2 Å². The number of benzene rings is 1. The lowest BCUT2D eigenvalue weighted by Gasteiger charge is -2.28. The van der Waals surface area contributed by atoms with Crippen LogP contribution in [-0.4, -0.2) is 80.1 Å². The van der Waals surface area contributed by atoms with Crippen LogP contribution in [0, 0.1) is 11.3 Å². The number of hydrogen-bond donors (Lipinski definition) is 4. The summed E-state index contributed by atoms with van der Waals surface area (Å²) in [6, 6.07) is 10.3. The molecular formula is C42H64ClN6O8P. The number of unbranched alkanes of at least 4 members (excludes halogenated alkanes) is 16. The van der Waals surface area contributed by atoms with Crippen molar-refractivity contribution in [3.8, 4) is 6.07 Å². The van der Waals surface area contributed by atoms with Gasteiger partial charge in [-0.15, -0.1) is 0 Å². The van der Waals surface area contributed by atoms with Gasteiger partial charge in [-0.2, -0.15) is 10.4 Å². The third kappa shape index (κ3) is 14.9. The minimum absolute atomic E-state index is 0.110. The second kappa shape index (κ2) is 25.0. The zero-order valence-corrected chi connectivity index (χ0v) is 35.9. The molecule has 1 aliphatic rings. The number of aliphatic hydroxyl groups is 2. The molecule has 0 spiro atoms. The van der Waals surface area contributed by atoms with Gasteiger partial charge >= 0.3 is 7.82 Å². The molecule has 0 aliphatic carbocycles. The van der Waals surface area contributed by atoms with E-state index in [4.69, 9.17) is 35.9 Å². The number of aliphatic hydroxyl groups excluding tert-OH is 2. The van der Waals surface area contributed by atoms with Crippen molar-refractivity contribution in [1.82, 2.24) is 14.6 Å². The maximum Gasteiger partial charge on any atom is 0.472 e. The molecule has 1 saturated heterocycles. The summed E-state index contributed by atoms with van der Waals surface area (Å²) in [5.74, 6) is 0.212. The largest absolute Gasteiger partial charge is 0.472 e. The van der Waals surface area contributed by atoms with E-state index in [0.717, 1.165) is 25.7 Å². The first-order valence-corrected chi connectivity index (χ1v) is 22.9. The zero-order valence-electron chi connectivity index (χ0n) is 34.2. The molecule has 3 aromatic rings. The van der Waals surface area contributed by atoms with E-state index in [0.29, 0.717) is 33.8 Å². The minimum atomic E-state index is -4.75. The average Bonchev–Trinajstić information content (AvgIpc) is 3.74. The SMILES string of the molecule is CCCCCCCCCCCCCCCCCCC[C@H](COP(=O)(O)OC[C@@]1(/C=N\C)O[C@@H](c2ccc3c(N)ncnn23)[C@H](O)[C@@H]1O)OCc1cc(Cl)cc(C#N)c1. The van der Waals surface area contributed by atoms with E-state index in [-0.39, 0.29) is 19.0 Å². The second-order valence-electron chi connectivity index (χ2n) is 15.4. The van der Waals surface area contributed by atoms with Crippen molar-refractivity contribution in [1.29, 1.82) is 5.26 Å². The number of ether oxygens (including phenoxy) is 2. The average molecular weight is 847 g/mol. The van der Waals surface area contributed by atoms with Gasteiger partial charge in [-0.05, 0) is 42.3 Å². The Labute approximate surface area is 348 Å². The van der Waals surface area contributed by atoms with Crippen LogP contribution >= 0.6 is 19.4 Å². The maximum absolute atomic E-state index is 13.3. The van der Waals surface area contributed by atoms with E-state index in [9.17, 15) is 24.9 Å². The van der Waals surface area contributed by atoms with E-state index in [2.05, 4.69) is 28.1 Å². The summed E-state index contributed by atoms with van der Waals surface area (Å²) in [7, 11) is -3.31. The number of phosphoric acid groups is 1. The quantitative estimate of drug-likeness (QED) is 0.0294. The van der Waals surface area contributed by atoms with Crippen LogP contribution in [-0.2, 0) is 29.7 Å². The standard InChI is InChI=1S/C42H64ClN6O8P/c1-3-4-5-6-7-8-9-10-11-12-13-14-15-16-17-18-19-20-35(54-27-33-23-32(26-44)24-34(43)25-33)28-55-58(52,53)56-30-42(29-46-2)40(51)38(50)39(57-42)36-21-22-37-41(45)47-31-48-49(36)37/h21-25,29,31,35,38-40,50-51H,3-20,27-28,30H2,1-2H3,(H,52,53)(H2,45,47,48)/b46-29-/t35-,38+,39+,40+,42-/m1/s1. The molecule has 0 saturated carbocycles. The minimum Gasteiger partial charge on any atom is -0.387 e. The Bertz CT molecular complexity index is 1790. The Morgan fingerprint density at radius 1 is 1.00 bits per heavy atom. The summed E-state index contributed by atoms with van der Waals surface area (Å²) < 4.78 is 37.9. The number of nitrogen functional groups attached to an aromatic ring is 1. The van der Waals surface area contributed by atoms with Crippen molar-refractivity contribution in [2.45, 2.75) is 159 Å². The van der Waals surface area contributed by atoms with Crippen LogP contribution in [0.5, 0.6) is 0 Å². The Balaban J connectivity index is 1.25. The maximum atomic E-state index is 13.3. The molecule has 0 bridgehead atoms. The number of fused-ring (bicyclic) bond motifs is 1. The highest BCUT2D eigenvalue weighted by molar-refractivity contribution is 7.47. The first-order valence-electron chi connectivity index (χ1n) is 21.0. The highest BCUT2D eigenvalue weighted by Crippen LogP contribution is 2.47. The number of phosphoric ester groups is 1. The first kappa shape index (κ1) is 47.7. The van der Waals surface area contributed by atoms with Crippen LogP contribution in [0.3, 0.4) is 0 Å². The number of nitrogens with zero attached hydrogens (tertiary/aromatic N) is 5. The smallest absolute Gasteiger partial charge is 0.387 e. The van der Waals surface area contributed by atoms with Gasteiger partial charge in [-0.1, -0.05) is 128 Å². The van der Waals surface area contributed by atoms with E-state index in [1.165, 1.54) is 108 Å². The van der Waals surface area contributed by atoms with Crippen LogP contribution in [0.4, 0.5) is 5.82 Å². The number of hydrogen-bond acceptors (Lipinski definition) is 12. The predicted octanol–water partition coefficient (Wildman–Crippen LogP) is 8.83. The lowest BCUT2D eigenvalue weighted by molar-refractivity contribution is -0.0655. The van der Waals surface area contributed by atoms with Crippen LogP contribution in [0.2, 0.25) is 5.02 Å². The van der Waals surface area contributed by atoms with E-state index in [1.54, 1.807) is 30.3 Å². The summed E-state index contributed by atoms with van der Waals surface area (Å²) in [5, 5.41) is 36.2. The van der Waals surface area contributed by atoms with Gasteiger partial charge < -0.3 is 30.3 Å².